The van der Waals surface area contributed by atoms with E-state index in [9.17, 15) is 9.59 Å². The van der Waals surface area contributed by atoms with Crippen LogP contribution in [0.25, 0.3) is 11.8 Å². The van der Waals surface area contributed by atoms with Crippen molar-refractivity contribution in [1.82, 2.24) is 14.7 Å². The topological polar surface area (TPSA) is 67.2 Å². The summed E-state index contributed by atoms with van der Waals surface area (Å²) in [6, 6.07) is 17.2. The molecule has 0 unspecified atom stereocenters. The lowest BCUT2D eigenvalue weighted by Crippen LogP contribution is -2.38. The predicted molar refractivity (Wildman–Crippen MR) is 127 cm³/mol. The van der Waals surface area contributed by atoms with Crippen LogP contribution in [0.4, 0.5) is 5.69 Å². The number of para-hydroxylation sites is 1. The molecule has 0 spiro atoms. The number of hydrogen-bond acceptors (Lipinski definition) is 3. The number of hydrogen-bond donors (Lipinski definition) is 1. The molecule has 6 heteroatoms. The molecule has 1 aliphatic carbocycles. The highest BCUT2D eigenvalue weighted by atomic mass is 16.2. The highest BCUT2D eigenvalue weighted by Gasteiger charge is 2.22. The Morgan fingerprint density at radius 2 is 1.75 bits per heavy atom. The van der Waals surface area contributed by atoms with Crippen LogP contribution < -0.4 is 5.32 Å². The van der Waals surface area contributed by atoms with E-state index in [1.54, 1.807) is 41.2 Å². The summed E-state index contributed by atoms with van der Waals surface area (Å²) < 4.78 is 1.76. The summed E-state index contributed by atoms with van der Waals surface area (Å²) in [5, 5.41) is 7.15. The summed E-state index contributed by atoms with van der Waals surface area (Å²) in [7, 11) is 1.89. The van der Waals surface area contributed by atoms with Gasteiger partial charge in [-0.25, -0.2) is 4.68 Å². The standard InChI is InChI=1S/C26H28N4O2/c1-29(23-8-4-2-5-9-23)26(32)21-13-15-22(16-14-21)28-25(31)17-12-20-18-27-30(19-20)24-10-6-3-7-11-24/h3,6-7,10-19,23H,2,4-5,8-9H2,1H3,(H,28,31)/b17-12+. The smallest absolute Gasteiger partial charge is 0.253 e. The Bertz CT molecular complexity index is 1080. The third kappa shape index (κ3) is 5.32. The molecule has 1 saturated carbocycles. The molecule has 1 fully saturated rings. The van der Waals surface area contributed by atoms with E-state index in [0.29, 0.717) is 17.3 Å². The Kier molecular flexibility index (Phi) is 6.80. The molecule has 1 aliphatic rings. The molecule has 2 amide bonds. The lowest BCUT2D eigenvalue weighted by atomic mass is 9.94. The molecule has 4 rings (SSSR count). The van der Waals surface area contributed by atoms with Crippen molar-refractivity contribution in [3.63, 3.8) is 0 Å². The van der Waals surface area contributed by atoms with Crippen molar-refractivity contribution in [3.05, 3.63) is 84.2 Å². The molecular formula is C26H28N4O2. The molecule has 32 heavy (non-hydrogen) atoms. The molecule has 1 heterocycles. The van der Waals surface area contributed by atoms with E-state index in [2.05, 4.69) is 10.4 Å². The fourth-order valence-electron chi connectivity index (χ4n) is 4.03. The van der Waals surface area contributed by atoms with Crippen LogP contribution in [0.2, 0.25) is 0 Å². The van der Waals surface area contributed by atoms with Gasteiger partial charge in [0.15, 0.2) is 0 Å². The van der Waals surface area contributed by atoms with Gasteiger partial charge in [-0.15, -0.1) is 0 Å². The summed E-state index contributed by atoms with van der Waals surface area (Å²) in [6.07, 6.45) is 12.6. The normalized spacial score (nSPS) is 14.4. The molecule has 6 nitrogen and oxygen atoms in total. The summed E-state index contributed by atoms with van der Waals surface area (Å²) >= 11 is 0. The van der Waals surface area contributed by atoms with Gasteiger partial charge in [-0.2, -0.15) is 5.10 Å². The Morgan fingerprint density at radius 3 is 2.47 bits per heavy atom. The molecule has 3 aromatic rings. The molecule has 1 aromatic heterocycles. The molecule has 2 aromatic carbocycles. The monoisotopic (exact) mass is 428 g/mol. The number of aromatic nitrogens is 2. The van der Waals surface area contributed by atoms with Crippen LogP contribution in [0.3, 0.4) is 0 Å². The summed E-state index contributed by atoms with van der Waals surface area (Å²) in [6.45, 7) is 0. The van der Waals surface area contributed by atoms with Gasteiger partial charge in [0.05, 0.1) is 11.9 Å². The number of anilines is 1. The van der Waals surface area contributed by atoms with E-state index in [4.69, 9.17) is 0 Å². The highest BCUT2D eigenvalue weighted by Crippen LogP contribution is 2.23. The number of carbonyl (C=O) groups excluding carboxylic acids is 2. The fraction of sp³-hybridized carbons (Fsp3) is 0.269. The predicted octanol–water partition coefficient (Wildman–Crippen LogP) is 4.93. The van der Waals surface area contributed by atoms with E-state index >= 15 is 0 Å². The van der Waals surface area contributed by atoms with Gasteiger partial charge >= 0.3 is 0 Å². The zero-order chi connectivity index (χ0) is 22.3. The van der Waals surface area contributed by atoms with Crippen molar-refractivity contribution < 1.29 is 9.59 Å². The number of amides is 2. The second-order valence-corrected chi connectivity index (χ2v) is 8.16. The quantitative estimate of drug-likeness (QED) is 0.566. The minimum Gasteiger partial charge on any atom is -0.339 e. The van der Waals surface area contributed by atoms with Gasteiger partial charge in [0.2, 0.25) is 5.91 Å². The molecule has 0 bridgehead atoms. The van der Waals surface area contributed by atoms with Gasteiger partial charge in [-0.3, -0.25) is 9.59 Å². The van der Waals surface area contributed by atoms with Crippen molar-refractivity contribution in [2.24, 2.45) is 0 Å². The van der Waals surface area contributed by atoms with Gasteiger partial charge in [0.1, 0.15) is 0 Å². The zero-order valence-electron chi connectivity index (χ0n) is 18.3. The molecular weight excluding hydrogens is 400 g/mol. The largest absolute Gasteiger partial charge is 0.339 e. The van der Waals surface area contributed by atoms with E-state index < -0.39 is 0 Å². The van der Waals surface area contributed by atoms with Crippen molar-refractivity contribution in [3.8, 4) is 5.69 Å². The Balaban J connectivity index is 1.33. The lowest BCUT2D eigenvalue weighted by molar-refractivity contribution is -0.111. The molecule has 0 atom stereocenters. The van der Waals surface area contributed by atoms with E-state index in [1.165, 1.54) is 25.3 Å². The first-order chi connectivity index (χ1) is 15.6. The van der Waals surface area contributed by atoms with Crippen LogP contribution in [-0.4, -0.2) is 39.6 Å². The van der Waals surface area contributed by atoms with Gasteiger partial charge < -0.3 is 10.2 Å². The van der Waals surface area contributed by atoms with E-state index in [-0.39, 0.29) is 11.8 Å². The minimum atomic E-state index is -0.240. The maximum atomic E-state index is 12.8. The first-order valence-corrected chi connectivity index (χ1v) is 11.1. The number of benzene rings is 2. The second-order valence-electron chi connectivity index (χ2n) is 8.16. The van der Waals surface area contributed by atoms with Crippen LogP contribution >= 0.6 is 0 Å². The van der Waals surface area contributed by atoms with Crippen molar-refractivity contribution >= 4 is 23.6 Å². The number of carbonyl (C=O) groups is 2. The summed E-state index contributed by atoms with van der Waals surface area (Å²) in [5.74, 6) is -0.207. The molecule has 0 aliphatic heterocycles. The van der Waals surface area contributed by atoms with Crippen molar-refractivity contribution in [2.45, 2.75) is 38.1 Å². The highest BCUT2D eigenvalue weighted by molar-refractivity contribution is 6.02. The molecule has 1 N–H and O–H groups in total. The van der Waals surface area contributed by atoms with Crippen LogP contribution in [-0.2, 0) is 4.79 Å². The average Bonchev–Trinajstić information content (AvgIpc) is 3.33. The van der Waals surface area contributed by atoms with Crippen molar-refractivity contribution in [2.75, 3.05) is 12.4 Å². The van der Waals surface area contributed by atoms with Crippen LogP contribution in [0.15, 0.2) is 73.1 Å². The maximum absolute atomic E-state index is 12.8. The van der Waals surface area contributed by atoms with Gasteiger partial charge in [-0.1, -0.05) is 37.5 Å². The van der Waals surface area contributed by atoms with Crippen LogP contribution in [0.5, 0.6) is 0 Å². The SMILES string of the molecule is CN(C(=O)c1ccc(NC(=O)/C=C/c2cnn(-c3ccccc3)c2)cc1)C1CCCCC1. The maximum Gasteiger partial charge on any atom is 0.253 e. The van der Waals surface area contributed by atoms with Gasteiger partial charge in [-0.05, 0) is 55.3 Å². The minimum absolute atomic E-state index is 0.0325. The third-order valence-electron chi connectivity index (χ3n) is 5.89. The lowest BCUT2D eigenvalue weighted by Gasteiger charge is -2.31. The summed E-state index contributed by atoms with van der Waals surface area (Å²) in [5.41, 5.74) is 3.08. The zero-order valence-corrected chi connectivity index (χ0v) is 18.3. The third-order valence-corrected chi connectivity index (χ3v) is 5.89. The second kappa shape index (κ2) is 10.1. The van der Waals surface area contributed by atoms with Gasteiger partial charge in [0.25, 0.3) is 5.91 Å². The van der Waals surface area contributed by atoms with E-state index in [0.717, 1.165) is 24.1 Å². The van der Waals surface area contributed by atoms with Crippen LogP contribution in [0.1, 0.15) is 48.0 Å². The Hall–Kier alpha value is -3.67. The number of rotatable bonds is 6. The Morgan fingerprint density at radius 1 is 1.03 bits per heavy atom. The summed E-state index contributed by atoms with van der Waals surface area (Å²) in [4.78, 5) is 26.9. The van der Waals surface area contributed by atoms with Crippen LogP contribution in [0, 0.1) is 0 Å². The fourth-order valence-corrected chi connectivity index (χ4v) is 4.03. The average molecular weight is 429 g/mol. The van der Waals surface area contributed by atoms with Gasteiger partial charge in [0, 0.05) is 42.2 Å². The molecule has 0 radical (unpaired) electrons. The number of nitrogens with zero attached hydrogens (tertiary/aromatic N) is 3. The Labute approximate surface area is 188 Å². The first-order valence-electron chi connectivity index (χ1n) is 11.1. The van der Waals surface area contributed by atoms with E-state index in [1.807, 2.05) is 48.5 Å². The molecule has 164 valence electrons. The number of nitrogens with one attached hydrogen (secondary N) is 1. The van der Waals surface area contributed by atoms with Crippen molar-refractivity contribution in [1.29, 1.82) is 0 Å². The molecule has 0 saturated heterocycles. The first kappa shape index (κ1) is 21.6.